The highest BCUT2D eigenvalue weighted by Gasteiger charge is 2.24. The second-order valence-corrected chi connectivity index (χ2v) is 8.04. The number of likely N-dealkylation sites (N-methyl/N-ethyl adjacent to an activating group) is 1. The van der Waals surface area contributed by atoms with E-state index >= 15 is 0 Å². The van der Waals surface area contributed by atoms with Crippen LogP contribution in [0.3, 0.4) is 0 Å². The number of carbonyl (C=O) groups is 1. The zero-order valence-corrected chi connectivity index (χ0v) is 17.8. The molecule has 0 unspecified atom stereocenters. The summed E-state index contributed by atoms with van der Waals surface area (Å²) in [5, 5.41) is 4.66. The maximum absolute atomic E-state index is 13.2. The van der Waals surface area contributed by atoms with Gasteiger partial charge in [0.05, 0.1) is 5.69 Å². The Hall–Kier alpha value is -2.99. The Kier molecular flexibility index (Phi) is 6.23. The minimum Gasteiger partial charge on any atom is -0.335 e. The molecule has 1 aromatic heterocycles. The first-order chi connectivity index (χ1) is 14.6. The molecule has 4 rings (SSSR count). The Morgan fingerprint density at radius 3 is 2.60 bits per heavy atom. The Balaban J connectivity index is 1.62. The second-order valence-electron chi connectivity index (χ2n) is 8.04. The lowest BCUT2D eigenvalue weighted by Crippen LogP contribution is -2.35. The smallest absolute Gasteiger partial charge is 0.293 e. The molecular formula is C24H29N5O. The maximum atomic E-state index is 13.2. The normalized spacial score (nSPS) is 15.2. The SMILES string of the molecule is Cc1cccc(-n2nc(C(=O)N3CCCN(C)CC3)nc2CCc2ccccc2)c1. The van der Waals surface area contributed by atoms with E-state index in [-0.39, 0.29) is 5.91 Å². The maximum Gasteiger partial charge on any atom is 0.293 e. The fourth-order valence-corrected chi connectivity index (χ4v) is 3.86. The molecule has 1 saturated heterocycles. The van der Waals surface area contributed by atoms with Gasteiger partial charge in [-0.2, -0.15) is 0 Å². The molecule has 0 aliphatic carbocycles. The Morgan fingerprint density at radius 1 is 0.967 bits per heavy atom. The first kappa shape index (κ1) is 20.3. The number of hydrogen-bond acceptors (Lipinski definition) is 4. The van der Waals surface area contributed by atoms with Crippen LogP contribution in [-0.4, -0.2) is 63.7 Å². The average Bonchev–Trinajstić information content (AvgIpc) is 3.07. The van der Waals surface area contributed by atoms with Crippen molar-refractivity contribution >= 4 is 5.91 Å². The number of hydrogen-bond donors (Lipinski definition) is 0. The quantitative estimate of drug-likeness (QED) is 0.657. The molecule has 0 saturated carbocycles. The standard InChI is InChI=1S/C24H29N5O/c1-19-8-6-11-21(18-19)29-22(13-12-20-9-4-3-5-10-20)25-23(26-29)24(30)28-15-7-14-27(2)16-17-28/h3-6,8-11,18H,7,12-17H2,1-2H3. The van der Waals surface area contributed by atoms with Crippen molar-refractivity contribution in [1.29, 1.82) is 0 Å². The molecule has 0 bridgehead atoms. The van der Waals surface area contributed by atoms with Crippen LogP contribution in [0, 0.1) is 6.92 Å². The number of nitrogens with zero attached hydrogens (tertiary/aromatic N) is 5. The number of carbonyl (C=O) groups excluding carboxylic acids is 1. The van der Waals surface area contributed by atoms with E-state index in [4.69, 9.17) is 4.98 Å². The van der Waals surface area contributed by atoms with E-state index in [0.29, 0.717) is 12.4 Å². The van der Waals surface area contributed by atoms with E-state index in [9.17, 15) is 4.79 Å². The third-order valence-electron chi connectivity index (χ3n) is 5.60. The van der Waals surface area contributed by atoms with Crippen LogP contribution in [0.2, 0.25) is 0 Å². The summed E-state index contributed by atoms with van der Waals surface area (Å²) < 4.78 is 1.84. The molecule has 0 atom stereocenters. The second kappa shape index (κ2) is 9.22. The summed E-state index contributed by atoms with van der Waals surface area (Å²) in [4.78, 5) is 22.0. The van der Waals surface area contributed by atoms with E-state index in [0.717, 1.165) is 56.0 Å². The summed E-state index contributed by atoms with van der Waals surface area (Å²) >= 11 is 0. The Labute approximate surface area is 178 Å². The highest BCUT2D eigenvalue weighted by Crippen LogP contribution is 2.16. The van der Waals surface area contributed by atoms with Crippen molar-refractivity contribution in [3.63, 3.8) is 0 Å². The van der Waals surface area contributed by atoms with Gasteiger partial charge in [0.25, 0.3) is 5.91 Å². The zero-order chi connectivity index (χ0) is 20.9. The van der Waals surface area contributed by atoms with Crippen molar-refractivity contribution in [2.45, 2.75) is 26.2 Å². The van der Waals surface area contributed by atoms with E-state index in [1.165, 1.54) is 5.56 Å². The highest BCUT2D eigenvalue weighted by molar-refractivity contribution is 5.90. The van der Waals surface area contributed by atoms with Gasteiger partial charge < -0.3 is 9.80 Å². The van der Waals surface area contributed by atoms with Crippen molar-refractivity contribution in [3.05, 3.63) is 77.4 Å². The van der Waals surface area contributed by atoms with Gasteiger partial charge in [0.2, 0.25) is 5.82 Å². The van der Waals surface area contributed by atoms with Crippen molar-refractivity contribution < 1.29 is 4.79 Å². The minimum atomic E-state index is -0.0716. The molecule has 0 N–H and O–H groups in total. The topological polar surface area (TPSA) is 54.3 Å². The molecule has 2 heterocycles. The third-order valence-corrected chi connectivity index (χ3v) is 5.60. The van der Waals surface area contributed by atoms with Crippen LogP contribution < -0.4 is 0 Å². The molecule has 156 valence electrons. The highest BCUT2D eigenvalue weighted by atomic mass is 16.2. The van der Waals surface area contributed by atoms with Gasteiger partial charge in [0, 0.05) is 26.1 Å². The number of aromatic nitrogens is 3. The lowest BCUT2D eigenvalue weighted by atomic mass is 10.1. The Morgan fingerprint density at radius 2 is 1.80 bits per heavy atom. The monoisotopic (exact) mass is 403 g/mol. The summed E-state index contributed by atoms with van der Waals surface area (Å²) in [6.07, 6.45) is 2.55. The van der Waals surface area contributed by atoms with Crippen LogP contribution in [0.25, 0.3) is 5.69 Å². The summed E-state index contributed by atoms with van der Waals surface area (Å²) in [6, 6.07) is 18.5. The predicted molar refractivity (Wildman–Crippen MR) is 118 cm³/mol. The lowest BCUT2D eigenvalue weighted by Gasteiger charge is -2.18. The van der Waals surface area contributed by atoms with E-state index in [2.05, 4.69) is 48.2 Å². The van der Waals surface area contributed by atoms with Crippen LogP contribution in [0.15, 0.2) is 54.6 Å². The fourth-order valence-electron chi connectivity index (χ4n) is 3.86. The first-order valence-corrected chi connectivity index (χ1v) is 10.6. The molecular weight excluding hydrogens is 374 g/mol. The molecule has 1 amide bonds. The van der Waals surface area contributed by atoms with Crippen LogP contribution in [-0.2, 0) is 12.8 Å². The summed E-state index contributed by atoms with van der Waals surface area (Å²) in [5.41, 5.74) is 3.35. The molecule has 30 heavy (non-hydrogen) atoms. The van der Waals surface area contributed by atoms with Crippen LogP contribution >= 0.6 is 0 Å². The molecule has 6 heteroatoms. The molecule has 0 radical (unpaired) electrons. The summed E-state index contributed by atoms with van der Waals surface area (Å²) in [7, 11) is 2.10. The minimum absolute atomic E-state index is 0.0716. The number of aryl methyl sites for hydroxylation is 3. The van der Waals surface area contributed by atoms with Gasteiger partial charge in [-0.15, -0.1) is 5.10 Å². The molecule has 2 aromatic carbocycles. The van der Waals surface area contributed by atoms with Crippen molar-refractivity contribution in [3.8, 4) is 5.69 Å². The van der Waals surface area contributed by atoms with Crippen LogP contribution in [0.4, 0.5) is 0 Å². The third kappa shape index (κ3) is 4.76. The largest absolute Gasteiger partial charge is 0.335 e. The van der Waals surface area contributed by atoms with Crippen molar-refractivity contribution in [2.75, 3.05) is 33.2 Å². The summed E-state index contributed by atoms with van der Waals surface area (Å²) in [5.74, 6) is 1.04. The van der Waals surface area contributed by atoms with Gasteiger partial charge in [-0.05, 0) is 56.6 Å². The van der Waals surface area contributed by atoms with Crippen LogP contribution in [0.1, 0.15) is 34.0 Å². The molecule has 1 fully saturated rings. The number of rotatable bonds is 5. The Bertz CT molecular complexity index is 998. The molecule has 1 aliphatic heterocycles. The molecule has 0 spiro atoms. The van der Waals surface area contributed by atoms with Gasteiger partial charge >= 0.3 is 0 Å². The summed E-state index contributed by atoms with van der Waals surface area (Å²) in [6.45, 7) is 5.42. The van der Waals surface area contributed by atoms with Crippen molar-refractivity contribution in [2.24, 2.45) is 0 Å². The van der Waals surface area contributed by atoms with Gasteiger partial charge in [0.1, 0.15) is 5.82 Å². The fraction of sp³-hybridized carbons (Fsp3) is 0.375. The van der Waals surface area contributed by atoms with E-state index in [1.54, 1.807) is 0 Å². The number of amides is 1. The number of benzene rings is 2. The van der Waals surface area contributed by atoms with Gasteiger partial charge in [-0.25, -0.2) is 9.67 Å². The van der Waals surface area contributed by atoms with Crippen LogP contribution in [0.5, 0.6) is 0 Å². The van der Waals surface area contributed by atoms with Gasteiger partial charge in [-0.1, -0.05) is 42.5 Å². The van der Waals surface area contributed by atoms with E-state index < -0.39 is 0 Å². The predicted octanol–water partition coefficient (Wildman–Crippen LogP) is 3.14. The van der Waals surface area contributed by atoms with Gasteiger partial charge in [-0.3, -0.25) is 4.79 Å². The zero-order valence-electron chi connectivity index (χ0n) is 17.8. The lowest BCUT2D eigenvalue weighted by molar-refractivity contribution is 0.0750. The van der Waals surface area contributed by atoms with E-state index in [1.807, 2.05) is 39.9 Å². The first-order valence-electron chi connectivity index (χ1n) is 10.6. The molecule has 1 aliphatic rings. The molecule has 6 nitrogen and oxygen atoms in total. The van der Waals surface area contributed by atoms with Crippen molar-refractivity contribution in [1.82, 2.24) is 24.6 Å². The average molecular weight is 404 g/mol. The van der Waals surface area contributed by atoms with Gasteiger partial charge in [0.15, 0.2) is 0 Å². The molecule has 3 aromatic rings.